The predicted molar refractivity (Wildman–Crippen MR) is 44.9 cm³/mol. The zero-order chi connectivity index (χ0) is 8.15. The molecule has 0 fully saturated rings. The Bertz CT molecular complexity index is 161. The topological polar surface area (TPSA) is 26.3 Å². The molecule has 58 valence electrons. The second-order valence-electron chi connectivity index (χ2n) is 2.25. The van der Waals surface area contributed by atoms with E-state index >= 15 is 0 Å². The highest BCUT2D eigenvalue weighted by Gasteiger charge is 2.04. The Kier molecular flexibility index (Phi) is 4.03. The first-order valence-electron chi connectivity index (χ1n) is 3.38. The summed E-state index contributed by atoms with van der Waals surface area (Å²) in [6.45, 7) is 4.01. The summed E-state index contributed by atoms with van der Waals surface area (Å²) in [6.07, 6.45) is 0.938. The van der Waals surface area contributed by atoms with Crippen LogP contribution in [0, 0.1) is 0 Å². The second kappa shape index (κ2) is 4.28. The molecule has 0 aromatic rings. The molecular weight excluding hydrogens is 144 g/mol. The Morgan fingerprint density at radius 2 is 2.10 bits per heavy atom. The highest BCUT2D eigenvalue weighted by atomic mass is 28.1. The molecule has 0 aliphatic heterocycles. The van der Waals surface area contributed by atoms with Gasteiger partial charge in [0.05, 0.1) is 7.11 Å². The van der Waals surface area contributed by atoms with E-state index in [4.69, 9.17) is 0 Å². The van der Waals surface area contributed by atoms with Crippen molar-refractivity contribution in [2.45, 2.75) is 20.3 Å². The van der Waals surface area contributed by atoms with Crippen molar-refractivity contribution in [3.8, 4) is 0 Å². The van der Waals surface area contributed by atoms with E-state index in [2.05, 4.69) is 4.74 Å². The number of hydrogen-bond donors (Lipinski definition) is 0. The Morgan fingerprint density at radius 1 is 1.60 bits per heavy atom. The van der Waals surface area contributed by atoms with Gasteiger partial charge >= 0.3 is 5.97 Å². The summed E-state index contributed by atoms with van der Waals surface area (Å²) >= 11 is 0. The van der Waals surface area contributed by atoms with Crippen molar-refractivity contribution in [2.24, 2.45) is 0 Å². The lowest BCUT2D eigenvalue weighted by molar-refractivity contribution is -0.135. The van der Waals surface area contributed by atoms with Gasteiger partial charge < -0.3 is 4.74 Å². The minimum atomic E-state index is -0.161. The summed E-state index contributed by atoms with van der Waals surface area (Å²) in [5.74, 6) is -0.161. The molecule has 0 saturated carbocycles. The zero-order valence-corrected chi connectivity index (χ0v) is 9.02. The molecule has 0 bridgehead atoms. The van der Waals surface area contributed by atoms with Crippen molar-refractivity contribution >= 4 is 16.2 Å². The summed E-state index contributed by atoms with van der Waals surface area (Å²) in [5.41, 5.74) is 1.15. The lowest BCUT2D eigenvalue weighted by Gasteiger charge is -2.01. The molecule has 0 unspecified atom stereocenters. The average Bonchev–Trinajstić information content (AvgIpc) is 2.00. The van der Waals surface area contributed by atoms with Crippen molar-refractivity contribution in [3.63, 3.8) is 0 Å². The smallest absolute Gasteiger partial charge is 0.328 e. The number of carbonyl (C=O) groups is 1. The monoisotopic (exact) mass is 158 g/mol. The third kappa shape index (κ3) is 2.35. The van der Waals surface area contributed by atoms with Crippen molar-refractivity contribution in [1.82, 2.24) is 0 Å². The lowest BCUT2D eigenvalue weighted by Crippen LogP contribution is -2.06. The zero-order valence-electron chi connectivity index (χ0n) is 7.02. The Hall–Kier alpha value is -0.573. The summed E-state index contributed by atoms with van der Waals surface area (Å²) in [7, 11) is 2.20. The van der Waals surface area contributed by atoms with Gasteiger partial charge in [0.25, 0.3) is 0 Å². The van der Waals surface area contributed by atoms with Crippen LogP contribution in [-0.2, 0) is 9.53 Å². The molecule has 0 atom stereocenters. The molecule has 2 nitrogen and oxygen atoms in total. The number of carbonyl (C=O) groups excluding carboxylic acids is 1. The van der Waals surface area contributed by atoms with E-state index in [1.165, 1.54) is 7.11 Å². The van der Waals surface area contributed by atoms with Crippen LogP contribution in [0.15, 0.2) is 10.8 Å². The fourth-order valence-corrected chi connectivity index (χ4v) is 1.15. The lowest BCUT2D eigenvalue weighted by atomic mass is 10.2. The van der Waals surface area contributed by atoms with Crippen LogP contribution in [0.2, 0.25) is 0 Å². The molecule has 0 spiro atoms. The molecule has 0 aliphatic rings. The average molecular weight is 158 g/mol. The van der Waals surface area contributed by atoms with Crippen molar-refractivity contribution in [1.29, 1.82) is 0 Å². The van der Waals surface area contributed by atoms with Gasteiger partial charge in [-0.25, -0.2) is 4.79 Å². The van der Waals surface area contributed by atoms with Crippen LogP contribution in [0.25, 0.3) is 0 Å². The number of rotatable bonds is 2. The van der Waals surface area contributed by atoms with Gasteiger partial charge in [0.1, 0.15) is 0 Å². The largest absolute Gasteiger partial charge is 0.466 e. The van der Waals surface area contributed by atoms with Crippen molar-refractivity contribution in [2.75, 3.05) is 7.11 Å². The molecule has 0 N–H and O–H groups in total. The maximum Gasteiger partial charge on any atom is 0.328 e. The normalized spacial score (nSPS) is 12.7. The number of allylic oxidation sites excluding steroid dienone is 1. The first-order chi connectivity index (χ1) is 4.63. The first kappa shape index (κ1) is 9.43. The summed E-state index contributed by atoms with van der Waals surface area (Å²) < 4.78 is 4.57. The molecule has 0 aromatic heterocycles. The molecule has 3 heteroatoms. The van der Waals surface area contributed by atoms with E-state index in [1.54, 1.807) is 0 Å². The fourth-order valence-electron chi connectivity index (χ4n) is 0.592. The van der Waals surface area contributed by atoms with E-state index < -0.39 is 0 Å². The van der Waals surface area contributed by atoms with Crippen LogP contribution >= 0.6 is 0 Å². The molecule has 0 aromatic carbocycles. The minimum absolute atomic E-state index is 0.161. The summed E-state index contributed by atoms with van der Waals surface area (Å²) in [5, 5.41) is 0.866. The molecule has 0 saturated heterocycles. The molecular formula is C7H14O2Si. The van der Waals surface area contributed by atoms with Crippen LogP contribution < -0.4 is 0 Å². The van der Waals surface area contributed by atoms with Crippen LogP contribution in [0.4, 0.5) is 0 Å². The maximum atomic E-state index is 10.9. The van der Waals surface area contributed by atoms with Gasteiger partial charge in [0, 0.05) is 15.4 Å². The van der Waals surface area contributed by atoms with Crippen molar-refractivity contribution < 1.29 is 9.53 Å². The van der Waals surface area contributed by atoms with Gasteiger partial charge in [-0.3, -0.25) is 0 Å². The van der Waals surface area contributed by atoms with Crippen LogP contribution in [-0.4, -0.2) is 23.3 Å². The Morgan fingerprint density at radius 3 is 2.40 bits per heavy atom. The highest BCUT2D eigenvalue weighted by molar-refractivity contribution is 6.35. The summed E-state index contributed by atoms with van der Waals surface area (Å²) in [4.78, 5) is 10.9. The first-order valence-corrected chi connectivity index (χ1v) is 4.38. The standard InChI is InChI=1S/C7H14O2Si/c1-4-5(2)6(10)7(8)9-3/h4H2,1-3,10H3/b6-5-. The predicted octanol–water partition coefficient (Wildman–Crippen LogP) is 0.209. The third-order valence-corrected chi connectivity index (χ3v) is 2.92. The maximum absolute atomic E-state index is 10.9. The van der Waals surface area contributed by atoms with Gasteiger partial charge in [-0.1, -0.05) is 12.5 Å². The van der Waals surface area contributed by atoms with Gasteiger partial charge in [-0.05, 0) is 13.3 Å². The molecule has 0 radical (unpaired) electrons. The number of methoxy groups -OCH3 is 1. The highest BCUT2D eigenvalue weighted by Crippen LogP contribution is 2.04. The van der Waals surface area contributed by atoms with Gasteiger partial charge in [-0.2, -0.15) is 0 Å². The summed E-state index contributed by atoms with van der Waals surface area (Å²) in [6, 6.07) is 0. The van der Waals surface area contributed by atoms with E-state index in [9.17, 15) is 4.79 Å². The fraction of sp³-hybridized carbons (Fsp3) is 0.571. The van der Waals surface area contributed by atoms with Crippen LogP contribution in [0.5, 0.6) is 0 Å². The number of hydrogen-bond acceptors (Lipinski definition) is 2. The van der Waals surface area contributed by atoms with Gasteiger partial charge in [0.15, 0.2) is 0 Å². The number of ether oxygens (including phenoxy) is 1. The Balaban J connectivity index is 4.30. The third-order valence-electron chi connectivity index (χ3n) is 1.66. The Labute approximate surface area is 64.7 Å². The molecule has 0 aliphatic carbocycles. The minimum Gasteiger partial charge on any atom is -0.466 e. The van der Waals surface area contributed by atoms with Crippen molar-refractivity contribution in [3.05, 3.63) is 10.8 Å². The van der Waals surface area contributed by atoms with E-state index in [0.717, 1.165) is 27.4 Å². The van der Waals surface area contributed by atoms with Gasteiger partial charge in [0.2, 0.25) is 0 Å². The van der Waals surface area contributed by atoms with E-state index in [0.29, 0.717) is 0 Å². The SMILES string of the molecule is CC/C(C)=C(\[SiH3])C(=O)OC. The quantitative estimate of drug-likeness (QED) is 0.326. The van der Waals surface area contributed by atoms with Crippen LogP contribution in [0.3, 0.4) is 0 Å². The molecule has 0 heterocycles. The molecule has 0 rings (SSSR count). The number of esters is 1. The van der Waals surface area contributed by atoms with Gasteiger partial charge in [-0.15, -0.1) is 0 Å². The molecule has 10 heavy (non-hydrogen) atoms. The second-order valence-corrected chi connectivity index (χ2v) is 3.25. The molecule has 0 amide bonds. The van der Waals surface area contributed by atoms with E-state index in [-0.39, 0.29) is 5.97 Å². The van der Waals surface area contributed by atoms with Crippen LogP contribution in [0.1, 0.15) is 20.3 Å². The van der Waals surface area contributed by atoms with E-state index in [1.807, 2.05) is 13.8 Å².